The molecule has 0 amide bonds. The second-order valence-electron chi connectivity index (χ2n) is 4.44. The minimum absolute atomic E-state index is 0.299. The second-order valence-corrected chi connectivity index (χ2v) is 5.35. The molecule has 1 heterocycles. The van der Waals surface area contributed by atoms with Gasteiger partial charge in [-0.2, -0.15) is 0 Å². The minimum Gasteiger partial charge on any atom is -0.375 e. The maximum atomic E-state index is 5.67. The van der Waals surface area contributed by atoms with Gasteiger partial charge < -0.3 is 15.4 Å². The van der Waals surface area contributed by atoms with Crippen molar-refractivity contribution in [1.82, 2.24) is 0 Å². The summed E-state index contributed by atoms with van der Waals surface area (Å²) in [6.07, 6.45) is 1.22. The van der Waals surface area contributed by atoms with Gasteiger partial charge in [0.1, 0.15) is 0 Å². The monoisotopic (exact) mass is 298 g/mol. The average Bonchev–Trinajstić information content (AvgIpc) is 2.32. The van der Waals surface area contributed by atoms with Crippen molar-refractivity contribution in [1.29, 1.82) is 0 Å². The lowest BCUT2D eigenvalue weighted by Crippen LogP contribution is -2.41. The van der Waals surface area contributed by atoms with Gasteiger partial charge in [0.2, 0.25) is 0 Å². The van der Waals surface area contributed by atoms with Gasteiger partial charge in [-0.15, -0.1) is 0 Å². The third-order valence-electron chi connectivity index (χ3n) is 3.04. The first-order valence-electron chi connectivity index (χ1n) is 6.05. The lowest BCUT2D eigenvalue weighted by molar-refractivity contribution is 0.0532. The number of nitrogens with two attached hydrogens (primary N) is 1. The molecule has 0 aromatic heterocycles. The molecule has 1 aromatic carbocycles. The van der Waals surface area contributed by atoms with Crippen LogP contribution in [0.25, 0.3) is 0 Å². The van der Waals surface area contributed by atoms with Crippen LogP contribution in [0.5, 0.6) is 0 Å². The summed E-state index contributed by atoms with van der Waals surface area (Å²) in [5, 5.41) is 0. The molecule has 1 saturated heterocycles. The molecule has 1 atom stereocenters. The van der Waals surface area contributed by atoms with Gasteiger partial charge in [0.25, 0.3) is 0 Å². The zero-order chi connectivity index (χ0) is 12.3. The molecule has 17 heavy (non-hydrogen) atoms. The molecule has 2 N–H and O–H groups in total. The third-order valence-corrected chi connectivity index (χ3v) is 3.54. The number of nitrogens with zero attached hydrogens (tertiary/aromatic N) is 1. The Kier molecular flexibility index (Phi) is 4.42. The molecule has 1 fully saturated rings. The molecular formula is C13H19BrN2O. The zero-order valence-corrected chi connectivity index (χ0v) is 11.7. The van der Waals surface area contributed by atoms with Gasteiger partial charge in [-0.1, -0.05) is 22.0 Å². The van der Waals surface area contributed by atoms with E-state index >= 15 is 0 Å². The van der Waals surface area contributed by atoms with Crippen molar-refractivity contribution in [2.45, 2.75) is 19.4 Å². The molecule has 1 aliphatic rings. The first kappa shape index (κ1) is 12.9. The Labute approximate surface area is 111 Å². The summed E-state index contributed by atoms with van der Waals surface area (Å²) < 4.78 is 6.70. The molecule has 1 unspecified atom stereocenters. The van der Waals surface area contributed by atoms with Gasteiger partial charge in [0, 0.05) is 23.2 Å². The Hall–Kier alpha value is -0.580. The van der Waals surface area contributed by atoms with Gasteiger partial charge in [0.05, 0.1) is 12.7 Å². The molecule has 0 spiro atoms. The molecule has 94 valence electrons. The van der Waals surface area contributed by atoms with Gasteiger partial charge >= 0.3 is 0 Å². The molecule has 1 aromatic rings. The standard InChI is InChI=1S/C13H19BrN2O/c1-10-9-16(6-7-17-10)13-8-12(14)3-2-11(13)4-5-15/h2-3,8,10H,4-7,9,15H2,1H3. The normalized spacial score (nSPS) is 20.6. The van der Waals surface area contributed by atoms with E-state index in [9.17, 15) is 0 Å². The Bertz CT molecular complexity index is 384. The van der Waals surface area contributed by atoms with Crippen molar-refractivity contribution in [2.75, 3.05) is 31.1 Å². The van der Waals surface area contributed by atoms with Crippen molar-refractivity contribution in [3.05, 3.63) is 28.2 Å². The first-order chi connectivity index (χ1) is 8.20. The van der Waals surface area contributed by atoms with E-state index in [-0.39, 0.29) is 0 Å². The Morgan fingerprint density at radius 3 is 3.06 bits per heavy atom. The molecular weight excluding hydrogens is 280 g/mol. The largest absolute Gasteiger partial charge is 0.375 e. The molecule has 0 aliphatic carbocycles. The lowest BCUT2D eigenvalue weighted by Gasteiger charge is -2.34. The van der Waals surface area contributed by atoms with Crippen molar-refractivity contribution < 1.29 is 4.74 Å². The average molecular weight is 299 g/mol. The molecule has 1 aliphatic heterocycles. The predicted octanol–water partition coefficient (Wildman–Crippen LogP) is 2.18. The van der Waals surface area contributed by atoms with Crippen molar-refractivity contribution in [3.63, 3.8) is 0 Å². The highest BCUT2D eigenvalue weighted by atomic mass is 79.9. The maximum Gasteiger partial charge on any atom is 0.0722 e. The quantitative estimate of drug-likeness (QED) is 0.929. The molecule has 0 bridgehead atoms. The fraction of sp³-hybridized carbons (Fsp3) is 0.538. The summed E-state index contributed by atoms with van der Waals surface area (Å²) in [5.74, 6) is 0. The van der Waals surface area contributed by atoms with E-state index in [1.54, 1.807) is 0 Å². The van der Waals surface area contributed by atoms with Gasteiger partial charge in [-0.25, -0.2) is 0 Å². The van der Waals surface area contributed by atoms with Crippen LogP contribution in [0.15, 0.2) is 22.7 Å². The van der Waals surface area contributed by atoms with Gasteiger partial charge in [-0.3, -0.25) is 0 Å². The second kappa shape index (κ2) is 5.85. The van der Waals surface area contributed by atoms with Crippen molar-refractivity contribution >= 4 is 21.6 Å². The Morgan fingerprint density at radius 2 is 2.35 bits per heavy atom. The summed E-state index contributed by atoms with van der Waals surface area (Å²) in [5.41, 5.74) is 8.28. The number of halogens is 1. The fourth-order valence-electron chi connectivity index (χ4n) is 2.24. The van der Waals surface area contributed by atoms with E-state index in [1.165, 1.54) is 11.3 Å². The predicted molar refractivity (Wildman–Crippen MR) is 74.5 cm³/mol. The molecule has 2 rings (SSSR count). The smallest absolute Gasteiger partial charge is 0.0722 e. The van der Waals surface area contributed by atoms with Crippen LogP contribution in [0.3, 0.4) is 0 Å². The van der Waals surface area contributed by atoms with Crippen LogP contribution in [0.4, 0.5) is 5.69 Å². The van der Waals surface area contributed by atoms with E-state index in [2.05, 4.69) is 46.0 Å². The number of hydrogen-bond donors (Lipinski definition) is 1. The number of morpholine rings is 1. The summed E-state index contributed by atoms with van der Waals surface area (Å²) in [6.45, 7) is 5.52. The minimum atomic E-state index is 0.299. The molecule has 0 saturated carbocycles. The van der Waals surface area contributed by atoms with E-state index in [0.717, 1.165) is 30.6 Å². The van der Waals surface area contributed by atoms with Crippen LogP contribution in [0.1, 0.15) is 12.5 Å². The van der Waals surface area contributed by atoms with Crippen LogP contribution < -0.4 is 10.6 Å². The summed E-state index contributed by atoms with van der Waals surface area (Å²) >= 11 is 3.54. The number of ether oxygens (including phenoxy) is 1. The summed E-state index contributed by atoms with van der Waals surface area (Å²) in [6, 6.07) is 6.42. The topological polar surface area (TPSA) is 38.5 Å². The fourth-order valence-corrected chi connectivity index (χ4v) is 2.58. The Morgan fingerprint density at radius 1 is 1.53 bits per heavy atom. The van der Waals surface area contributed by atoms with Crippen molar-refractivity contribution in [2.24, 2.45) is 5.73 Å². The zero-order valence-electron chi connectivity index (χ0n) is 10.2. The Balaban J connectivity index is 2.25. The molecule has 3 nitrogen and oxygen atoms in total. The number of benzene rings is 1. The van der Waals surface area contributed by atoms with Crippen molar-refractivity contribution in [3.8, 4) is 0 Å². The van der Waals surface area contributed by atoms with E-state index in [1.807, 2.05) is 0 Å². The lowest BCUT2D eigenvalue weighted by atomic mass is 10.1. The SMILES string of the molecule is CC1CN(c2cc(Br)ccc2CCN)CCO1. The highest BCUT2D eigenvalue weighted by Crippen LogP contribution is 2.27. The van der Waals surface area contributed by atoms with Crippen LogP contribution in [-0.4, -0.2) is 32.3 Å². The summed E-state index contributed by atoms with van der Waals surface area (Å²) in [7, 11) is 0. The maximum absolute atomic E-state index is 5.67. The van der Waals surface area contributed by atoms with Gasteiger partial charge in [0.15, 0.2) is 0 Å². The third kappa shape index (κ3) is 3.21. The number of anilines is 1. The van der Waals surface area contributed by atoms with Crippen LogP contribution in [0, 0.1) is 0 Å². The molecule has 4 heteroatoms. The summed E-state index contributed by atoms with van der Waals surface area (Å²) in [4.78, 5) is 2.39. The van der Waals surface area contributed by atoms with E-state index in [0.29, 0.717) is 12.6 Å². The number of rotatable bonds is 3. The van der Waals surface area contributed by atoms with E-state index in [4.69, 9.17) is 10.5 Å². The van der Waals surface area contributed by atoms with Gasteiger partial charge in [-0.05, 0) is 37.6 Å². The highest BCUT2D eigenvalue weighted by Gasteiger charge is 2.19. The molecule has 0 radical (unpaired) electrons. The highest BCUT2D eigenvalue weighted by molar-refractivity contribution is 9.10. The first-order valence-corrected chi connectivity index (χ1v) is 6.85. The van der Waals surface area contributed by atoms with Crippen LogP contribution >= 0.6 is 15.9 Å². The number of hydrogen-bond acceptors (Lipinski definition) is 3. The van der Waals surface area contributed by atoms with Crippen LogP contribution in [0.2, 0.25) is 0 Å². The van der Waals surface area contributed by atoms with Crippen LogP contribution in [-0.2, 0) is 11.2 Å². The van der Waals surface area contributed by atoms with E-state index < -0.39 is 0 Å².